The third-order valence-electron chi connectivity index (χ3n) is 3.31. The van der Waals surface area contributed by atoms with Gasteiger partial charge in [0.25, 0.3) is 0 Å². The molecule has 1 saturated carbocycles. The number of benzene rings is 1. The van der Waals surface area contributed by atoms with Gasteiger partial charge in [0, 0.05) is 22.0 Å². The van der Waals surface area contributed by atoms with Crippen LogP contribution in [0.1, 0.15) is 24.8 Å². The van der Waals surface area contributed by atoms with Crippen molar-refractivity contribution in [2.75, 3.05) is 6.54 Å². The Balaban J connectivity index is 2.55. The fourth-order valence-corrected chi connectivity index (χ4v) is 2.95. The summed E-state index contributed by atoms with van der Waals surface area (Å²) in [5, 5.41) is 9.75. The second kappa shape index (κ2) is 3.76. The van der Waals surface area contributed by atoms with Gasteiger partial charge in [0.15, 0.2) is 11.6 Å². The standard InChI is InChI=1S/C11H13BrFNO/c12-7-2-3-8(13)10(15)9(7)11(6-14)4-1-5-11/h2-3,15H,1,4-6,14H2. The highest BCUT2D eigenvalue weighted by Crippen LogP contribution is 2.49. The highest BCUT2D eigenvalue weighted by Gasteiger charge is 2.41. The Hall–Kier alpha value is -0.610. The summed E-state index contributed by atoms with van der Waals surface area (Å²) in [6.07, 6.45) is 2.91. The van der Waals surface area contributed by atoms with Crippen molar-refractivity contribution >= 4 is 15.9 Å². The maximum Gasteiger partial charge on any atom is 0.165 e. The highest BCUT2D eigenvalue weighted by molar-refractivity contribution is 9.10. The molecule has 1 aromatic carbocycles. The van der Waals surface area contributed by atoms with E-state index in [2.05, 4.69) is 15.9 Å². The SMILES string of the molecule is NCC1(c2c(Br)ccc(F)c2O)CCC1. The summed E-state index contributed by atoms with van der Waals surface area (Å²) in [5.74, 6) is -0.831. The lowest BCUT2D eigenvalue weighted by atomic mass is 9.64. The van der Waals surface area contributed by atoms with E-state index in [1.54, 1.807) is 6.07 Å². The first-order valence-corrected chi connectivity index (χ1v) is 5.77. The summed E-state index contributed by atoms with van der Waals surface area (Å²) in [5.41, 5.74) is 6.14. The second-order valence-corrected chi connectivity index (χ2v) is 4.95. The Labute approximate surface area is 96.4 Å². The Morgan fingerprint density at radius 3 is 2.60 bits per heavy atom. The minimum atomic E-state index is -0.576. The van der Waals surface area contributed by atoms with E-state index in [-0.39, 0.29) is 11.2 Å². The van der Waals surface area contributed by atoms with Crippen molar-refractivity contribution in [1.29, 1.82) is 0 Å². The molecule has 0 aliphatic heterocycles. The monoisotopic (exact) mass is 273 g/mol. The van der Waals surface area contributed by atoms with Gasteiger partial charge in [0.05, 0.1) is 0 Å². The van der Waals surface area contributed by atoms with Crippen LogP contribution >= 0.6 is 15.9 Å². The molecule has 0 spiro atoms. The Kier molecular flexibility index (Phi) is 2.73. The lowest BCUT2D eigenvalue weighted by molar-refractivity contribution is 0.241. The molecule has 0 atom stereocenters. The van der Waals surface area contributed by atoms with Gasteiger partial charge >= 0.3 is 0 Å². The summed E-state index contributed by atoms with van der Waals surface area (Å²) in [4.78, 5) is 0. The van der Waals surface area contributed by atoms with Crippen molar-refractivity contribution < 1.29 is 9.50 Å². The van der Waals surface area contributed by atoms with Crippen LogP contribution in [0, 0.1) is 5.82 Å². The molecule has 1 aromatic rings. The van der Waals surface area contributed by atoms with Crippen molar-refractivity contribution in [3.63, 3.8) is 0 Å². The first-order chi connectivity index (χ1) is 7.10. The van der Waals surface area contributed by atoms with Gasteiger partial charge in [-0.1, -0.05) is 22.4 Å². The van der Waals surface area contributed by atoms with E-state index >= 15 is 0 Å². The van der Waals surface area contributed by atoms with E-state index < -0.39 is 5.82 Å². The lowest BCUT2D eigenvalue weighted by Crippen LogP contribution is -2.42. The number of aromatic hydroxyl groups is 1. The van der Waals surface area contributed by atoms with Crippen LogP contribution in [0.5, 0.6) is 5.75 Å². The third kappa shape index (κ3) is 1.56. The number of halogens is 2. The second-order valence-electron chi connectivity index (χ2n) is 4.09. The average Bonchev–Trinajstić information content (AvgIpc) is 2.16. The summed E-state index contributed by atoms with van der Waals surface area (Å²) in [6, 6.07) is 2.88. The molecule has 1 aliphatic carbocycles. The molecule has 0 saturated heterocycles. The number of hydrogen-bond acceptors (Lipinski definition) is 2. The van der Waals surface area contributed by atoms with Crippen LogP contribution in [0.25, 0.3) is 0 Å². The summed E-state index contributed by atoms with van der Waals surface area (Å²) in [7, 11) is 0. The van der Waals surface area contributed by atoms with Gasteiger partial charge in [-0.2, -0.15) is 0 Å². The number of phenolic OH excluding ortho intramolecular Hbond substituents is 1. The maximum absolute atomic E-state index is 13.3. The molecule has 1 aliphatic rings. The van der Waals surface area contributed by atoms with Crippen LogP contribution in [0.4, 0.5) is 4.39 Å². The molecule has 0 amide bonds. The van der Waals surface area contributed by atoms with E-state index in [1.165, 1.54) is 6.07 Å². The molecule has 1 fully saturated rings. The molecule has 15 heavy (non-hydrogen) atoms. The van der Waals surface area contributed by atoms with E-state index in [1.807, 2.05) is 0 Å². The molecular weight excluding hydrogens is 261 g/mol. The Morgan fingerprint density at radius 1 is 1.47 bits per heavy atom. The zero-order valence-corrected chi connectivity index (χ0v) is 9.85. The minimum Gasteiger partial charge on any atom is -0.505 e. The van der Waals surface area contributed by atoms with Gasteiger partial charge in [-0.15, -0.1) is 0 Å². The van der Waals surface area contributed by atoms with E-state index in [0.29, 0.717) is 12.1 Å². The number of rotatable bonds is 2. The van der Waals surface area contributed by atoms with Gasteiger partial charge in [-0.05, 0) is 25.0 Å². The van der Waals surface area contributed by atoms with E-state index in [4.69, 9.17) is 5.73 Å². The van der Waals surface area contributed by atoms with Crippen LogP contribution in [0.3, 0.4) is 0 Å². The molecular formula is C11H13BrFNO. The van der Waals surface area contributed by atoms with Gasteiger partial charge in [-0.3, -0.25) is 0 Å². The van der Waals surface area contributed by atoms with Crippen molar-refractivity contribution in [3.8, 4) is 5.75 Å². The predicted octanol–water partition coefficient (Wildman–Crippen LogP) is 2.67. The predicted molar refractivity (Wildman–Crippen MR) is 60.3 cm³/mol. The molecule has 0 heterocycles. The summed E-state index contributed by atoms with van der Waals surface area (Å²) < 4.78 is 14.0. The van der Waals surface area contributed by atoms with Gasteiger partial charge in [-0.25, -0.2) is 4.39 Å². The fourth-order valence-electron chi connectivity index (χ4n) is 2.21. The van der Waals surface area contributed by atoms with Gasteiger partial charge < -0.3 is 10.8 Å². The number of phenols is 1. The molecule has 2 nitrogen and oxygen atoms in total. The van der Waals surface area contributed by atoms with Crippen molar-refractivity contribution in [2.45, 2.75) is 24.7 Å². The zero-order chi connectivity index (χ0) is 11.1. The van der Waals surface area contributed by atoms with Crippen LogP contribution in [0.2, 0.25) is 0 Å². The Bertz CT molecular complexity index is 385. The molecule has 2 rings (SSSR count). The first-order valence-electron chi connectivity index (χ1n) is 4.98. The summed E-state index contributed by atoms with van der Waals surface area (Å²) in [6.45, 7) is 0.447. The molecule has 0 aromatic heterocycles. The molecule has 3 N–H and O–H groups in total. The highest BCUT2D eigenvalue weighted by atomic mass is 79.9. The normalized spacial score (nSPS) is 18.6. The minimum absolute atomic E-state index is 0.231. The zero-order valence-electron chi connectivity index (χ0n) is 8.26. The molecule has 0 unspecified atom stereocenters. The molecule has 0 bridgehead atoms. The fraction of sp³-hybridized carbons (Fsp3) is 0.455. The first kappa shape index (κ1) is 10.9. The van der Waals surface area contributed by atoms with Crippen LogP contribution in [0.15, 0.2) is 16.6 Å². The molecule has 4 heteroatoms. The average molecular weight is 274 g/mol. The van der Waals surface area contributed by atoms with E-state index in [9.17, 15) is 9.50 Å². The van der Waals surface area contributed by atoms with Gasteiger partial charge in [0.1, 0.15) is 0 Å². The van der Waals surface area contributed by atoms with Crippen LogP contribution in [-0.2, 0) is 5.41 Å². The van der Waals surface area contributed by atoms with Crippen LogP contribution < -0.4 is 5.73 Å². The quantitative estimate of drug-likeness (QED) is 0.871. The van der Waals surface area contributed by atoms with Gasteiger partial charge in [0.2, 0.25) is 0 Å². The molecule has 82 valence electrons. The molecule has 0 radical (unpaired) electrons. The largest absolute Gasteiger partial charge is 0.505 e. The number of nitrogens with two attached hydrogens (primary N) is 1. The van der Waals surface area contributed by atoms with Crippen molar-refractivity contribution in [1.82, 2.24) is 0 Å². The topological polar surface area (TPSA) is 46.2 Å². The smallest absolute Gasteiger partial charge is 0.165 e. The Morgan fingerprint density at radius 2 is 2.13 bits per heavy atom. The van der Waals surface area contributed by atoms with E-state index in [0.717, 1.165) is 23.7 Å². The van der Waals surface area contributed by atoms with Crippen molar-refractivity contribution in [3.05, 3.63) is 28.0 Å². The number of hydrogen-bond donors (Lipinski definition) is 2. The lowest BCUT2D eigenvalue weighted by Gasteiger charge is -2.42. The van der Waals surface area contributed by atoms with Crippen molar-refractivity contribution in [2.24, 2.45) is 5.73 Å². The maximum atomic E-state index is 13.3. The summed E-state index contributed by atoms with van der Waals surface area (Å²) >= 11 is 3.35. The third-order valence-corrected chi connectivity index (χ3v) is 3.97. The van der Waals surface area contributed by atoms with Crippen LogP contribution in [-0.4, -0.2) is 11.7 Å².